The van der Waals surface area contributed by atoms with Gasteiger partial charge in [-0.1, -0.05) is 35.9 Å². The third-order valence-electron chi connectivity index (χ3n) is 2.80. The third kappa shape index (κ3) is 4.79. The zero-order chi connectivity index (χ0) is 15.1. The SMILES string of the molecule is N#CCc1ccc(NC(=O)/C=C/c2ccc(Cl)cc2)cc1. The van der Waals surface area contributed by atoms with Gasteiger partial charge in [0.1, 0.15) is 0 Å². The minimum atomic E-state index is -0.210. The van der Waals surface area contributed by atoms with E-state index in [4.69, 9.17) is 16.9 Å². The highest BCUT2D eigenvalue weighted by Crippen LogP contribution is 2.12. The molecule has 2 aromatic carbocycles. The number of nitrogens with zero attached hydrogens (tertiary/aromatic N) is 1. The third-order valence-corrected chi connectivity index (χ3v) is 3.05. The van der Waals surface area contributed by atoms with Gasteiger partial charge in [-0.25, -0.2) is 0 Å². The Morgan fingerprint density at radius 1 is 1.14 bits per heavy atom. The Morgan fingerprint density at radius 2 is 1.81 bits per heavy atom. The van der Waals surface area contributed by atoms with E-state index in [9.17, 15) is 4.79 Å². The van der Waals surface area contributed by atoms with Gasteiger partial charge in [0.2, 0.25) is 5.91 Å². The van der Waals surface area contributed by atoms with Crippen molar-refractivity contribution in [3.63, 3.8) is 0 Å². The van der Waals surface area contributed by atoms with Crippen molar-refractivity contribution in [1.29, 1.82) is 5.26 Å². The molecular weight excluding hydrogens is 284 g/mol. The molecule has 0 saturated heterocycles. The van der Waals surface area contributed by atoms with Crippen LogP contribution in [-0.4, -0.2) is 5.91 Å². The van der Waals surface area contributed by atoms with Crippen molar-refractivity contribution < 1.29 is 4.79 Å². The number of nitrogens with one attached hydrogen (secondary N) is 1. The number of amides is 1. The molecule has 1 N–H and O–H groups in total. The van der Waals surface area contributed by atoms with Gasteiger partial charge in [-0.2, -0.15) is 5.26 Å². The number of nitriles is 1. The molecule has 0 aliphatic heterocycles. The molecule has 2 rings (SSSR count). The smallest absolute Gasteiger partial charge is 0.248 e. The zero-order valence-corrected chi connectivity index (χ0v) is 12.0. The summed E-state index contributed by atoms with van der Waals surface area (Å²) in [6.07, 6.45) is 3.55. The summed E-state index contributed by atoms with van der Waals surface area (Å²) >= 11 is 5.79. The van der Waals surface area contributed by atoms with Gasteiger partial charge < -0.3 is 5.32 Å². The Bertz CT molecular complexity index is 682. The monoisotopic (exact) mass is 296 g/mol. The van der Waals surface area contributed by atoms with Gasteiger partial charge in [-0.05, 0) is 41.5 Å². The summed E-state index contributed by atoms with van der Waals surface area (Å²) in [5, 5.41) is 12.0. The van der Waals surface area contributed by atoms with Gasteiger partial charge >= 0.3 is 0 Å². The summed E-state index contributed by atoms with van der Waals surface area (Å²) in [6.45, 7) is 0. The van der Waals surface area contributed by atoms with E-state index in [2.05, 4.69) is 11.4 Å². The van der Waals surface area contributed by atoms with Crippen molar-refractivity contribution >= 4 is 29.3 Å². The second-order valence-electron chi connectivity index (χ2n) is 4.41. The lowest BCUT2D eigenvalue weighted by Crippen LogP contribution is -2.07. The van der Waals surface area contributed by atoms with Gasteiger partial charge in [0.25, 0.3) is 0 Å². The summed E-state index contributed by atoms with van der Waals surface area (Å²) in [5.74, 6) is -0.210. The standard InChI is InChI=1S/C17H13ClN2O/c18-15-6-1-13(2-7-15)5-10-17(21)20-16-8-3-14(4-9-16)11-12-19/h1-10H,11H2,(H,20,21)/b10-5+. The molecule has 0 heterocycles. The number of carbonyl (C=O) groups is 1. The minimum absolute atomic E-state index is 0.210. The molecule has 0 spiro atoms. The molecule has 0 aliphatic rings. The van der Waals surface area contributed by atoms with E-state index in [0.29, 0.717) is 17.1 Å². The molecule has 0 atom stereocenters. The largest absolute Gasteiger partial charge is 0.323 e. The predicted molar refractivity (Wildman–Crippen MR) is 84.9 cm³/mol. The van der Waals surface area contributed by atoms with E-state index in [0.717, 1.165) is 11.1 Å². The number of anilines is 1. The van der Waals surface area contributed by atoms with Crippen LogP contribution in [0.15, 0.2) is 54.6 Å². The second kappa shape index (κ2) is 7.28. The molecule has 1 amide bonds. The Balaban J connectivity index is 1.95. The van der Waals surface area contributed by atoms with Gasteiger partial charge in [0, 0.05) is 16.8 Å². The summed E-state index contributed by atoms with van der Waals surface area (Å²) in [5.41, 5.74) is 2.52. The Hall–Kier alpha value is -2.57. The highest BCUT2D eigenvalue weighted by atomic mass is 35.5. The highest BCUT2D eigenvalue weighted by Gasteiger charge is 1.98. The van der Waals surface area contributed by atoms with Crippen molar-refractivity contribution in [2.45, 2.75) is 6.42 Å². The van der Waals surface area contributed by atoms with E-state index >= 15 is 0 Å². The maximum atomic E-state index is 11.8. The molecular formula is C17H13ClN2O. The molecule has 0 fully saturated rings. The lowest BCUT2D eigenvalue weighted by Gasteiger charge is -2.02. The van der Waals surface area contributed by atoms with Gasteiger partial charge in [0.05, 0.1) is 12.5 Å². The van der Waals surface area contributed by atoms with Crippen LogP contribution in [0.25, 0.3) is 6.08 Å². The highest BCUT2D eigenvalue weighted by molar-refractivity contribution is 6.30. The van der Waals surface area contributed by atoms with E-state index in [1.165, 1.54) is 6.08 Å². The van der Waals surface area contributed by atoms with Crippen molar-refractivity contribution in [1.82, 2.24) is 0 Å². The van der Waals surface area contributed by atoms with Crippen LogP contribution in [0.2, 0.25) is 5.02 Å². The lowest BCUT2D eigenvalue weighted by atomic mass is 10.1. The predicted octanol–water partition coefficient (Wildman–Crippen LogP) is 4.06. The molecule has 0 aromatic heterocycles. The van der Waals surface area contributed by atoms with Crippen LogP contribution in [0.4, 0.5) is 5.69 Å². The fourth-order valence-electron chi connectivity index (χ4n) is 1.73. The molecule has 0 saturated carbocycles. The molecule has 3 nitrogen and oxygen atoms in total. The Labute approximate surface area is 128 Å². The Morgan fingerprint density at radius 3 is 2.43 bits per heavy atom. The fraction of sp³-hybridized carbons (Fsp3) is 0.0588. The minimum Gasteiger partial charge on any atom is -0.323 e. The number of rotatable bonds is 4. The molecule has 0 bridgehead atoms. The second-order valence-corrected chi connectivity index (χ2v) is 4.84. The Kier molecular flexibility index (Phi) is 5.14. The molecule has 0 unspecified atom stereocenters. The normalized spacial score (nSPS) is 10.3. The van der Waals surface area contributed by atoms with E-state index in [1.807, 2.05) is 24.3 Å². The number of halogens is 1. The summed E-state index contributed by atoms with van der Waals surface area (Å²) in [4.78, 5) is 11.8. The molecule has 21 heavy (non-hydrogen) atoms. The number of carbonyl (C=O) groups excluding carboxylic acids is 1. The molecule has 104 valence electrons. The van der Waals surface area contributed by atoms with Crippen LogP contribution < -0.4 is 5.32 Å². The van der Waals surface area contributed by atoms with E-state index < -0.39 is 0 Å². The number of hydrogen-bond donors (Lipinski definition) is 1. The van der Waals surface area contributed by atoms with E-state index in [-0.39, 0.29) is 5.91 Å². The van der Waals surface area contributed by atoms with Gasteiger partial charge in [0.15, 0.2) is 0 Å². The molecule has 0 aliphatic carbocycles. The first kappa shape index (κ1) is 14.8. The average molecular weight is 297 g/mol. The van der Waals surface area contributed by atoms with Crippen molar-refractivity contribution in [2.24, 2.45) is 0 Å². The molecule has 0 radical (unpaired) electrons. The first-order valence-corrected chi connectivity index (χ1v) is 6.76. The average Bonchev–Trinajstić information content (AvgIpc) is 2.49. The topological polar surface area (TPSA) is 52.9 Å². The van der Waals surface area contributed by atoms with Crippen molar-refractivity contribution in [3.8, 4) is 6.07 Å². The molecule has 2 aromatic rings. The lowest BCUT2D eigenvalue weighted by molar-refractivity contribution is -0.111. The van der Waals surface area contributed by atoms with Crippen molar-refractivity contribution in [2.75, 3.05) is 5.32 Å². The van der Waals surface area contributed by atoms with E-state index in [1.54, 1.807) is 30.3 Å². The summed E-state index contributed by atoms with van der Waals surface area (Å²) in [7, 11) is 0. The maximum Gasteiger partial charge on any atom is 0.248 e. The summed E-state index contributed by atoms with van der Waals surface area (Å²) < 4.78 is 0. The molecule has 4 heteroatoms. The zero-order valence-electron chi connectivity index (χ0n) is 11.2. The van der Waals surface area contributed by atoms with Crippen LogP contribution in [-0.2, 0) is 11.2 Å². The number of hydrogen-bond acceptors (Lipinski definition) is 2. The quantitative estimate of drug-likeness (QED) is 0.865. The van der Waals surface area contributed by atoms with Crippen molar-refractivity contribution in [3.05, 3.63) is 70.8 Å². The summed E-state index contributed by atoms with van der Waals surface area (Å²) in [6, 6.07) is 16.5. The first-order valence-electron chi connectivity index (χ1n) is 6.38. The van der Waals surface area contributed by atoms with Gasteiger partial charge in [-0.15, -0.1) is 0 Å². The number of benzene rings is 2. The van der Waals surface area contributed by atoms with Crippen LogP contribution in [0, 0.1) is 11.3 Å². The maximum absolute atomic E-state index is 11.8. The van der Waals surface area contributed by atoms with Gasteiger partial charge in [-0.3, -0.25) is 4.79 Å². The van der Waals surface area contributed by atoms with Crippen LogP contribution in [0.3, 0.4) is 0 Å². The van der Waals surface area contributed by atoms with Crippen LogP contribution >= 0.6 is 11.6 Å². The first-order chi connectivity index (χ1) is 10.2. The fourth-order valence-corrected chi connectivity index (χ4v) is 1.85. The van der Waals surface area contributed by atoms with Crippen LogP contribution in [0.1, 0.15) is 11.1 Å². The van der Waals surface area contributed by atoms with Crippen LogP contribution in [0.5, 0.6) is 0 Å².